The van der Waals surface area contributed by atoms with Gasteiger partial charge in [-0.3, -0.25) is 0 Å². The third-order valence-electron chi connectivity index (χ3n) is 4.86. The van der Waals surface area contributed by atoms with Gasteiger partial charge >= 0.3 is 0 Å². The second kappa shape index (κ2) is 6.20. The van der Waals surface area contributed by atoms with Crippen LogP contribution in [-0.4, -0.2) is 51.5 Å². The predicted octanol–water partition coefficient (Wildman–Crippen LogP) is 2.75. The maximum atomic E-state index is 13.0. The lowest BCUT2D eigenvalue weighted by molar-refractivity contribution is 0.313. The zero-order chi connectivity index (χ0) is 17.4. The summed E-state index contributed by atoms with van der Waals surface area (Å²) in [6, 6.07) is 14.7. The van der Waals surface area contributed by atoms with E-state index in [2.05, 4.69) is 21.8 Å². The minimum Gasteiger partial charge on any atom is -0.369 e. The van der Waals surface area contributed by atoms with Crippen molar-refractivity contribution in [2.24, 2.45) is 0 Å². The molecule has 0 radical (unpaired) electrons. The normalized spacial score (nSPS) is 16.4. The lowest BCUT2D eigenvalue weighted by Gasteiger charge is -2.34. The number of nitrogens with zero attached hydrogens (tertiary/aromatic N) is 2. The van der Waals surface area contributed by atoms with E-state index >= 15 is 0 Å². The first kappa shape index (κ1) is 16.2. The molecule has 1 fully saturated rings. The van der Waals surface area contributed by atoms with Gasteiger partial charge in [0.25, 0.3) is 0 Å². The number of aromatic amines is 1. The van der Waals surface area contributed by atoms with Crippen LogP contribution in [0.3, 0.4) is 0 Å². The molecule has 0 spiro atoms. The number of aromatic nitrogens is 1. The molecule has 2 aromatic carbocycles. The summed E-state index contributed by atoms with van der Waals surface area (Å²) in [7, 11) is -1.42. The van der Waals surface area contributed by atoms with Gasteiger partial charge in [0.1, 0.15) is 0 Å². The molecule has 130 valence electrons. The molecule has 1 aliphatic heterocycles. The molecule has 0 bridgehead atoms. The molecule has 0 amide bonds. The number of sulfone groups is 1. The highest BCUT2D eigenvalue weighted by molar-refractivity contribution is 7.91. The van der Waals surface area contributed by atoms with E-state index in [1.807, 2.05) is 36.4 Å². The van der Waals surface area contributed by atoms with Crippen molar-refractivity contribution in [2.45, 2.75) is 9.79 Å². The predicted molar refractivity (Wildman–Crippen MR) is 99.9 cm³/mol. The molecule has 1 aliphatic rings. The number of fused-ring (bicyclic) bond motifs is 1. The Morgan fingerprint density at radius 1 is 0.920 bits per heavy atom. The Kier molecular flexibility index (Phi) is 4.01. The molecule has 25 heavy (non-hydrogen) atoms. The molecule has 1 aromatic heterocycles. The molecule has 1 N–H and O–H groups in total. The van der Waals surface area contributed by atoms with Gasteiger partial charge in [-0.05, 0) is 37.4 Å². The number of H-pyrrole nitrogens is 1. The topological polar surface area (TPSA) is 56.4 Å². The Morgan fingerprint density at radius 3 is 2.32 bits per heavy atom. The van der Waals surface area contributed by atoms with Crippen LogP contribution in [0.15, 0.2) is 64.5 Å². The van der Waals surface area contributed by atoms with Crippen LogP contribution in [0.2, 0.25) is 0 Å². The van der Waals surface area contributed by atoms with Crippen LogP contribution >= 0.6 is 0 Å². The molecule has 3 aromatic rings. The number of benzene rings is 2. The summed E-state index contributed by atoms with van der Waals surface area (Å²) in [4.78, 5) is 8.29. The van der Waals surface area contributed by atoms with Gasteiger partial charge < -0.3 is 14.8 Å². The molecule has 0 aliphatic carbocycles. The van der Waals surface area contributed by atoms with E-state index in [1.165, 1.54) is 0 Å². The van der Waals surface area contributed by atoms with Crippen molar-refractivity contribution in [3.63, 3.8) is 0 Å². The van der Waals surface area contributed by atoms with Gasteiger partial charge in [0.2, 0.25) is 9.84 Å². The zero-order valence-corrected chi connectivity index (χ0v) is 15.0. The molecule has 0 atom stereocenters. The Morgan fingerprint density at radius 2 is 1.60 bits per heavy atom. The lowest BCUT2D eigenvalue weighted by Crippen LogP contribution is -2.44. The second-order valence-corrected chi connectivity index (χ2v) is 8.40. The Bertz CT molecular complexity index is 985. The molecular formula is C19H21N3O2S. The maximum Gasteiger partial charge on any atom is 0.208 e. The first-order chi connectivity index (χ1) is 12.1. The van der Waals surface area contributed by atoms with Crippen molar-refractivity contribution in [2.75, 3.05) is 38.1 Å². The Hall–Kier alpha value is -2.31. The van der Waals surface area contributed by atoms with E-state index in [-0.39, 0.29) is 0 Å². The number of rotatable bonds is 3. The van der Waals surface area contributed by atoms with E-state index in [0.717, 1.165) is 42.8 Å². The molecule has 2 heterocycles. The number of para-hydroxylation sites is 1. The fourth-order valence-electron chi connectivity index (χ4n) is 3.29. The van der Waals surface area contributed by atoms with Gasteiger partial charge in [0.15, 0.2) is 0 Å². The summed E-state index contributed by atoms with van der Waals surface area (Å²) in [6.45, 7) is 3.97. The van der Waals surface area contributed by atoms with E-state index in [9.17, 15) is 8.42 Å². The van der Waals surface area contributed by atoms with E-state index in [0.29, 0.717) is 9.79 Å². The first-order valence-corrected chi connectivity index (χ1v) is 9.89. The Balaban J connectivity index is 1.65. The van der Waals surface area contributed by atoms with Crippen LogP contribution in [-0.2, 0) is 9.84 Å². The number of nitrogens with one attached hydrogen (secondary N) is 1. The van der Waals surface area contributed by atoms with Crippen molar-refractivity contribution in [1.29, 1.82) is 0 Å². The van der Waals surface area contributed by atoms with E-state index < -0.39 is 9.84 Å². The third-order valence-corrected chi connectivity index (χ3v) is 6.67. The van der Waals surface area contributed by atoms with Crippen molar-refractivity contribution in [3.05, 3.63) is 54.7 Å². The van der Waals surface area contributed by atoms with Gasteiger partial charge in [-0.2, -0.15) is 0 Å². The van der Waals surface area contributed by atoms with Crippen LogP contribution < -0.4 is 4.90 Å². The van der Waals surface area contributed by atoms with E-state index in [1.54, 1.807) is 18.3 Å². The SMILES string of the molecule is CN1CCN(c2ccc(S(=O)(=O)c3c[nH]c4ccccc34)cc2)CC1. The standard InChI is InChI=1S/C19H21N3O2S/c1-21-10-12-22(13-11-21)15-6-8-16(9-7-15)25(23,24)19-14-20-18-5-3-2-4-17(18)19/h2-9,14,20H,10-13H2,1H3. The highest BCUT2D eigenvalue weighted by Crippen LogP contribution is 2.29. The largest absolute Gasteiger partial charge is 0.369 e. The zero-order valence-electron chi connectivity index (χ0n) is 14.1. The summed E-state index contributed by atoms with van der Waals surface area (Å²) in [5, 5.41) is 0.727. The quantitative estimate of drug-likeness (QED) is 0.785. The van der Waals surface area contributed by atoms with Crippen LogP contribution in [0.25, 0.3) is 10.9 Å². The van der Waals surface area contributed by atoms with Gasteiger partial charge in [-0.15, -0.1) is 0 Å². The molecule has 6 heteroatoms. The minimum atomic E-state index is -3.54. The van der Waals surface area contributed by atoms with Gasteiger partial charge in [-0.1, -0.05) is 18.2 Å². The van der Waals surface area contributed by atoms with Crippen LogP contribution in [0.1, 0.15) is 0 Å². The average Bonchev–Trinajstić information content (AvgIpc) is 3.07. The minimum absolute atomic E-state index is 0.329. The number of anilines is 1. The highest BCUT2D eigenvalue weighted by Gasteiger charge is 2.22. The van der Waals surface area contributed by atoms with Gasteiger partial charge in [0, 0.05) is 49.0 Å². The monoisotopic (exact) mass is 355 g/mol. The highest BCUT2D eigenvalue weighted by atomic mass is 32.2. The number of likely N-dealkylation sites (N-methyl/N-ethyl adjacent to an activating group) is 1. The molecule has 4 rings (SSSR count). The average molecular weight is 355 g/mol. The smallest absolute Gasteiger partial charge is 0.208 e. The molecule has 5 nitrogen and oxygen atoms in total. The molecule has 0 unspecified atom stereocenters. The molecule has 0 saturated carbocycles. The maximum absolute atomic E-state index is 13.0. The van der Waals surface area contributed by atoms with Crippen molar-refractivity contribution in [1.82, 2.24) is 9.88 Å². The van der Waals surface area contributed by atoms with Crippen LogP contribution in [0.4, 0.5) is 5.69 Å². The van der Waals surface area contributed by atoms with E-state index in [4.69, 9.17) is 0 Å². The second-order valence-electron chi connectivity index (χ2n) is 6.49. The van der Waals surface area contributed by atoms with Gasteiger partial charge in [0.05, 0.1) is 9.79 Å². The number of hydrogen-bond acceptors (Lipinski definition) is 4. The summed E-state index contributed by atoms with van der Waals surface area (Å²) in [5.74, 6) is 0. The van der Waals surface area contributed by atoms with Crippen LogP contribution in [0, 0.1) is 0 Å². The number of piperazine rings is 1. The first-order valence-electron chi connectivity index (χ1n) is 8.40. The van der Waals surface area contributed by atoms with Crippen molar-refractivity contribution < 1.29 is 8.42 Å². The van der Waals surface area contributed by atoms with Crippen molar-refractivity contribution >= 4 is 26.4 Å². The summed E-state index contributed by atoms with van der Waals surface area (Å²) < 4.78 is 26.0. The summed E-state index contributed by atoms with van der Waals surface area (Å²) in [5.41, 5.74) is 1.90. The fourth-order valence-corrected chi connectivity index (χ4v) is 4.72. The third kappa shape index (κ3) is 2.92. The van der Waals surface area contributed by atoms with Gasteiger partial charge in [-0.25, -0.2) is 8.42 Å². The number of hydrogen-bond donors (Lipinski definition) is 1. The summed E-state index contributed by atoms with van der Waals surface area (Å²) >= 11 is 0. The Labute approximate surface area is 147 Å². The molecule has 1 saturated heterocycles. The van der Waals surface area contributed by atoms with Crippen molar-refractivity contribution in [3.8, 4) is 0 Å². The summed E-state index contributed by atoms with van der Waals surface area (Å²) in [6.07, 6.45) is 1.58. The fraction of sp³-hybridized carbons (Fsp3) is 0.263. The lowest BCUT2D eigenvalue weighted by atomic mass is 10.2. The molecular weight excluding hydrogens is 334 g/mol. The van der Waals surface area contributed by atoms with Crippen LogP contribution in [0.5, 0.6) is 0 Å².